The number of fused-ring (bicyclic) bond motifs is 1. The van der Waals surface area contributed by atoms with Crippen LogP contribution in [0.2, 0.25) is 5.02 Å². The van der Waals surface area contributed by atoms with E-state index in [2.05, 4.69) is 4.98 Å². The molecule has 0 aliphatic carbocycles. The maximum Gasteiger partial charge on any atom is 0.449 e. The number of hydrogen-bond donors (Lipinski definition) is 1. The van der Waals surface area contributed by atoms with Gasteiger partial charge in [0.15, 0.2) is 0 Å². The molecular formula is C15H13ClF3N3O. The smallest absolute Gasteiger partial charge is 0.303 e. The van der Waals surface area contributed by atoms with Gasteiger partial charge in [0.25, 0.3) is 5.56 Å². The van der Waals surface area contributed by atoms with Gasteiger partial charge in [-0.2, -0.15) is 13.2 Å². The summed E-state index contributed by atoms with van der Waals surface area (Å²) in [5, 5.41) is 0.605. The Bertz CT molecular complexity index is 788. The number of aromatic amines is 1. The average Bonchev–Trinajstić information content (AvgIpc) is 2.46. The van der Waals surface area contributed by atoms with Crippen LogP contribution in [0.25, 0.3) is 0 Å². The van der Waals surface area contributed by atoms with Gasteiger partial charge in [-0.1, -0.05) is 23.7 Å². The molecule has 2 heterocycles. The molecule has 4 nitrogen and oxygen atoms in total. The number of nitrogens with one attached hydrogen (secondary N) is 1. The van der Waals surface area contributed by atoms with Crippen LogP contribution in [0.15, 0.2) is 29.1 Å². The van der Waals surface area contributed by atoms with Crippen LogP contribution in [-0.2, 0) is 25.7 Å². The number of aromatic nitrogens is 2. The first-order chi connectivity index (χ1) is 10.8. The summed E-state index contributed by atoms with van der Waals surface area (Å²) in [5.74, 6) is -1.24. The number of nitrogens with zero attached hydrogens (tertiary/aromatic N) is 2. The molecule has 1 aromatic carbocycles. The zero-order valence-electron chi connectivity index (χ0n) is 12.0. The molecule has 8 heteroatoms. The molecule has 122 valence electrons. The van der Waals surface area contributed by atoms with E-state index in [1.54, 1.807) is 6.07 Å². The molecule has 1 aliphatic heterocycles. The second-order valence-corrected chi connectivity index (χ2v) is 5.86. The number of benzene rings is 1. The summed E-state index contributed by atoms with van der Waals surface area (Å²) in [6.07, 6.45) is -4.29. The van der Waals surface area contributed by atoms with Crippen LogP contribution in [0.3, 0.4) is 0 Å². The number of alkyl halides is 3. The fourth-order valence-corrected chi connectivity index (χ4v) is 2.87. The largest absolute Gasteiger partial charge is 0.449 e. The Morgan fingerprint density at radius 3 is 2.83 bits per heavy atom. The Kier molecular flexibility index (Phi) is 4.16. The van der Waals surface area contributed by atoms with E-state index in [1.165, 1.54) is 0 Å². The normalized spacial score (nSPS) is 15.5. The van der Waals surface area contributed by atoms with E-state index in [-0.39, 0.29) is 12.2 Å². The van der Waals surface area contributed by atoms with Gasteiger partial charge in [0.1, 0.15) is 0 Å². The van der Waals surface area contributed by atoms with Crippen molar-refractivity contribution in [1.82, 2.24) is 14.9 Å². The topological polar surface area (TPSA) is 49.0 Å². The molecule has 3 rings (SSSR count). The molecule has 23 heavy (non-hydrogen) atoms. The van der Waals surface area contributed by atoms with Crippen LogP contribution in [0.1, 0.15) is 22.6 Å². The predicted molar refractivity (Wildman–Crippen MR) is 79.1 cm³/mol. The SMILES string of the molecule is O=c1[nH]c(C(F)(F)F)nc2c1CCN(Cc1cccc(Cl)c1)C2. The van der Waals surface area contributed by atoms with Crippen molar-refractivity contribution >= 4 is 11.6 Å². The lowest BCUT2D eigenvalue weighted by atomic mass is 10.1. The Hall–Kier alpha value is -1.86. The van der Waals surface area contributed by atoms with E-state index < -0.39 is 17.6 Å². The van der Waals surface area contributed by atoms with Crippen LogP contribution in [-0.4, -0.2) is 21.4 Å². The summed E-state index contributed by atoms with van der Waals surface area (Å²) in [4.78, 5) is 19.2. The fourth-order valence-electron chi connectivity index (χ4n) is 2.66. The first-order valence-electron chi connectivity index (χ1n) is 6.99. The lowest BCUT2D eigenvalue weighted by Gasteiger charge is -2.27. The highest BCUT2D eigenvalue weighted by Gasteiger charge is 2.35. The van der Waals surface area contributed by atoms with Gasteiger partial charge in [-0.25, -0.2) is 4.98 Å². The van der Waals surface area contributed by atoms with Gasteiger partial charge >= 0.3 is 6.18 Å². The van der Waals surface area contributed by atoms with Crippen molar-refractivity contribution in [3.63, 3.8) is 0 Å². The number of rotatable bonds is 2. The first-order valence-corrected chi connectivity index (χ1v) is 7.37. The standard InChI is InChI=1S/C15H13ClF3N3O/c16-10-3-1-2-9(6-10)7-22-5-4-11-12(8-22)20-14(15(17,18)19)21-13(11)23/h1-3,6H,4-5,7-8H2,(H,20,21,23). The molecule has 0 saturated carbocycles. The van der Waals surface area contributed by atoms with Gasteiger partial charge in [-0.15, -0.1) is 0 Å². The van der Waals surface area contributed by atoms with Crippen molar-refractivity contribution in [2.45, 2.75) is 25.7 Å². The summed E-state index contributed by atoms with van der Waals surface area (Å²) < 4.78 is 38.3. The minimum Gasteiger partial charge on any atom is -0.303 e. The van der Waals surface area contributed by atoms with Crippen molar-refractivity contribution in [3.8, 4) is 0 Å². The van der Waals surface area contributed by atoms with Crippen molar-refractivity contribution in [1.29, 1.82) is 0 Å². The third-order valence-electron chi connectivity index (χ3n) is 3.72. The third kappa shape index (κ3) is 3.56. The highest BCUT2D eigenvalue weighted by atomic mass is 35.5. The second-order valence-electron chi connectivity index (χ2n) is 5.43. The lowest BCUT2D eigenvalue weighted by molar-refractivity contribution is -0.145. The summed E-state index contributed by atoms with van der Waals surface area (Å²) >= 11 is 5.93. The van der Waals surface area contributed by atoms with E-state index in [0.29, 0.717) is 30.1 Å². The molecule has 0 radical (unpaired) electrons. The Morgan fingerprint density at radius 1 is 1.35 bits per heavy atom. The Labute approximate surface area is 134 Å². The summed E-state index contributed by atoms with van der Waals surface area (Å²) in [7, 11) is 0. The molecule has 0 saturated heterocycles. The first kappa shape index (κ1) is 16.0. The van der Waals surface area contributed by atoms with Gasteiger partial charge in [0, 0.05) is 30.2 Å². The van der Waals surface area contributed by atoms with E-state index in [4.69, 9.17) is 11.6 Å². The highest BCUT2D eigenvalue weighted by Crippen LogP contribution is 2.27. The zero-order valence-corrected chi connectivity index (χ0v) is 12.7. The second kappa shape index (κ2) is 5.98. The summed E-state index contributed by atoms with van der Waals surface area (Å²) in [5.41, 5.74) is 0.779. The minimum absolute atomic E-state index is 0.189. The number of halogens is 4. The molecule has 0 atom stereocenters. The Morgan fingerprint density at radius 2 is 2.13 bits per heavy atom. The van der Waals surface area contributed by atoms with E-state index in [9.17, 15) is 18.0 Å². The molecular weight excluding hydrogens is 331 g/mol. The molecule has 0 amide bonds. The lowest BCUT2D eigenvalue weighted by Crippen LogP contribution is -2.36. The van der Waals surface area contributed by atoms with Gasteiger partial charge in [0.05, 0.1) is 5.69 Å². The van der Waals surface area contributed by atoms with Gasteiger partial charge in [0.2, 0.25) is 5.82 Å². The summed E-state index contributed by atoms with van der Waals surface area (Å²) in [6, 6.07) is 7.28. The number of hydrogen-bond acceptors (Lipinski definition) is 3. The Balaban J connectivity index is 1.85. The van der Waals surface area contributed by atoms with Crippen molar-refractivity contribution in [2.24, 2.45) is 0 Å². The fraction of sp³-hybridized carbons (Fsp3) is 0.333. The highest BCUT2D eigenvalue weighted by molar-refractivity contribution is 6.30. The van der Waals surface area contributed by atoms with Gasteiger partial charge < -0.3 is 4.98 Å². The molecule has 2 aromatic rings. The van der Waals surface area contributed by atoms with Crippen molar-refractivity contribution in [3.05, 3.63) is 62.3 Å². The molecule has 1 aromatic heterocycles. The third-order valence-corrected chi connectivity index (χ3v) is 3.95. The van der Waals surface area contributed by atoms with Crippen LogP contribution < -0.4 is 5.56 Å². The van der Waals surface area contributed by atoms with Crippen molar-refractivity contribution in [2.75, 3.05) is 6.54 Å². The van der Waals surface area contributed by atoms with E-state index in [1.807, 2.05) is 28.1 Å². The molecule has 1 aliphatic rings. The zero-order chi connectivity index (χ0) is 16.6. The molecule has 0 unspecified atom stereocenters. The molecule has 0 spiro atoms. The van der Waals surface area contributed by atoms with Gasteiger partial charge in [-0.3, -0.25) is 9.69 Å². The molecule has 0 bridgehead atoms. The molecule has 0 fully saturated rings. The summed E-state index contributed by atoms with van der Waals surface area (Å²) in [6.45, 7) is 1.32. The number of H-pyrrole nitrogens is 1. The van der Waals surface area contributed by atoms with Crippen LogP contribution in [0.4, 0.5) is 13.2 Å². The van der Waals surface area contributed by atoms with E-state index in [0.717, 1.165) is 5.56 Å². The maximum atomic E-state index is 12.8. The molecule has 1 N–H and O–H groups in total. The van der Waals surface area contributed by atoms with Crippen LogP contribution in [0, 0.1) is 0 Å². The average molecular weight is 344 g/mol. The van der Waals surface area contributed by atoms with Gasteiger partial charge in [-0.05, 0) is 24.1 Å². The van der Waals surface area contributed by atoms with Crippen LogP contribution >= 0.6 is 11.6 Å². The minimum atomic E-state index is -4.66. The maximum absolute atomic E-state index is 12.8. The van der Waals surface area contributed by atoms with Crippen LogP contribution in [0.5, 0.6) is 0 Å². The quantitative estimate of drug-likeness (QED) is 0.912. The van der Waals surface area contributed by atoms with E-state index >= 15 is 0 Å². The monoisotopic (exact) mass is 343 g/mol. The van der Waals surface area contributed by atoms with Crippen molar-refractivity contribution < 1.29 is 13.2 Å². The predicted octanol–water partition coefficient (Wildman–Crippen LogP) is 3.00.